The van der Waals surface area contributed by atoms with Gasteiger partial charge in [-0.1, -0.05) is 0 Å². The van der Waals surface area contributed by atoms with Crippen LogP contribution in [0.25, 0.3) is 0 Å². The van der Waals surface area contributed by atoms with Crippen LogP contribution in [0.1, 0.15) is 5.56 Å². The molecule has 0 saturated heterocycles. The van der Waals surface area contributed by atoms with Crippen LogP contribution in [0, 0.1) is 0 Å². The molecule has 1 aromatic rings. The largest absolute Gasteiger partial charge is 0.497 e. The van der Waals surface area contributed by atoms with Crippen molar-refractivity contribution in [2.75, 3.05) is 7.11 Å². The number of halogens is 1. The average Bonchev–Trinajstić information content (AvgIpc) is 2.17. The zero-order valence-corrected chi connectivity index (χ0v) is 9.56. The Bertz CT molecular complexity index is 284. The predicted molar refractivity (Wildman–Crippen MR) is 63.3 cm³/mol. The van der Waals surface area contributed by atoms with E-state index in [4.69, 9.17) is 16.3 Å². The van der Waals surface area contributed by atoms with Crippen LogP contribution in [0.3, 0.4) is 0 Å². The van der Waals surface area contributed by atoms with Gasteiger partial charge in [-0.2, -0.15) is 5.10 Å². The predicted octanol–water partition coefficient (Wildman–Crippen LogP) is 0.892. The maximum atomic E-state index is 5.47. The van der Waals surface area contributed by atoms with Gasteiger partial charge in [0.25, 0.3) is 0 Å². The van der Waals surface area contributed by atoms with E-state index in [2.05, 4.69) is 5.10 Å². The van der Waals surface area contributed by atoms with Gasteiger partial charge in [-0.15, -0.1) is 24.0 Å². The van der Waals surface area contributed by atoms with E-state index in [1.54, 1.807) is 31.4 Å². The highest BCUT2D eigenvalue weighted by atomic mass is 127. The number of rotatable bonds is 2. The van der Waals surface area contributed by atoms with Gasteiger partial charge in [-0.3, -0.25) is 0 Å². The second-order valence-electron chi connectivity index (χ2n) is 2.24. The van der Waals surface area contributed by atoms with Crippen molar-refractivity contribution in [2.24, 2.45) is 16.7 Å². The summed E-state index contributed by atoms with van der Waals surface area (Å²) in [6.07, 6.45) is 0. The highest BCUT2D eigenvalue weighted by Gasteiger charge is 1.96. The first-order valence-corrected chi connectivity index (χ1v) is 3.45. The minimum absolute atomic E-state index is 0. The van der Waals surface area contributed by atoms with Crippen LogP contribution in [-0.2, 0) is 0 Å². The molecule has 0 aliphatic carbocycles. The maximum absolute atomic E-state index is 5.47. The lowest BCUT2D eigenvalue weighted by atomic mass is 10.2. The van der Waals surface area contributed by atoms with Crippen molar-refractivity contribution in [2.45, 2.75) is 0 Å². The van der Waals surface area contributed by atoms with Crippen LogP contribution >= 0.6 is 24.0 Å². The lowest BCUT2D eigenvalue weighted by Gasteiger charge is -2.01. The van der Waals surface area contributed by atoms with E-state index in [0.717, 1.165) is 11.3 Å². The summed E-state index contributed by atoms with van der Waals surface area (Å²) < 4.78 is 4.97. The van der Waals surface area contributed by atoms with Crippen molar-refractivity contribution in [3.05, 3.63) is 29.8 Å². The SMILES string of the molecule is COc1ccc(/C(N)=N/N)cc1.I. The first-order chi connectivity index (χ1) is 5.77. The number of nitrogens with two attached hydrogens (primary N) is 2. The molecule has 0 aromatic heterocycles. The number of ether oxygens (including phenoxy) is 1. The summed E-state index contributed by atoms with van der Waals surface area (Å²) in [7, 11) is 1.61. The second-order valence-corrected chi connectivity index (χ2v) is 2.24. The van der Waals surface area contributed by atoms with E-state index in [1.165, 1.54) is 0 Å². The number of hydrogen-bond donors (Lipinski definition) is 2. The Balaban J connectivity index is 0.00000144. The van der Waals surface area contributed by atoms with E-state index < -0.39 is 0 Å². The number of hydrogen-bond acceptors (Lipinski definition) is 3. The van der Waals surface area contributed by atoms with Gasteiger partial charge in [0.1, 0.15) is 11.6 Å². The minimum atomic E-state index is 0. The molecule has 1 rings (SSSR count). The summed E-state index contributed by atoms with van der Waals surface area (Å²) in [5.74, 6) is 6.10. The van der Waals surface area contributed by atoms with Crippen LogP contribution < -0.4 is 16.3 Å². The summed E-state index contributed by atoms with van der Waals surface area (Å²) in [5, 5.41) is 3.37. The van der Waals surface area contributed by atoms with Crippen molar-refractivity contribution in [3.63, 3.8) is 0 Å². The van der Waals surface area contributed by atoms with Gasteiger partial charge in [0.15, 0.2) is 0 Å². The van der Waals surface area contributed by atoms with Gasteiger partial charge in [-0.25, -0.2) is 0 Å². The monoisotopic (exact) mass is 293 g/mol. The van der Waals surface area contributed by atoms with Crippen molar-refractivity contribution in [1.82, 2.24) is 0 Å². The minimum Gasteiger partial charge on any atom is -0.497 e. The molecule has 0 radical (unpaired) electrons. The molecule has 0 heterocycles. The Morgan fingerprint density at radius 3 is 2.23 bits per heavy atom. The van der Waals surface area contributed by atoms with E-state index in [1.807, 2.05) is 0 Å². The van der Waals surface area contributed by atoms with Gasteiger partial charge in [0.2, 0.25) is 0 Å². The van der Waals surface area contributed by atoms with Gasteiger partial charge in [0.05, 0.1) is 7.11 Å². The number of benzene rings is 1. The van der Waals surface area contributed by atoms with Crippen LogP contribution in [0.2, 0.25) is 0 Å². The lowest BCUT2D eigenvalue weighted by molar-refractivity contribution is 0.415. The third kappa shape index (κ3) is 3.10. The fraction of sp³-hybridized carbons (Fsp3) is 0.125. The number of amidine groups is 1. The van der Waals surface area contributed by atoms with Gasteiger partial charge >= 0.3 is 0 Å². The fourth-order valence-corrected chi connectivity index (χ4v) is 0.836. The standard InChI is InChI=1S/C8H11N3O.HI/c1-12-7-4-2-6(3-5-7)8(9)11-10;/h2-5H,10H2,1H3,(H2,9,11);1H. The Morgan fingerprint density at radius 1 is 1.31 bits per heavy atom. The topological polar surface area (TPSA) is 73.6 Å². The highest BCUT2D eigenvalue weighted by molar-refractivity contribution is 14.0. The summed E-state index contributed by atoms with van der Waals surface area (Å²) in [5.41, 5.74) is 6.26. The van der Waals surface area contributed by atoms with Gasteiger partial charge < -0.3 is 16.3 Å². The molecule has 0 bridgehead atoms. The first-order valence-electron chi connectivity index (χ1n) is 3.45. The zero-order chi connectivity index (χ0) is 8.97. The second kappa shape index (κ2) is 5.63. The molecule has 13 heavy (non-hydrogen) atoms. The Hall–Kier alpha value is -0.980. The molecule has 0 atom stereocenters. The quantitative estimate of drug-likeness (QED) is 0.280. The molecule has 5 heteroatoms. The zero-order valence-electron chi connectivity index (χ0n) is 7.23. The molecule has 1 aromatic carbocycles. The van der Waals surface area contributed by atoms with Gasteiger partial charge in [-0.05, 0) is 24.3 Å². The van der Waals surface area contributed by atoms with Crippen LogP contribution in [0.15, 0.2) is 29.4 Å². The highest BCUT2D eigenvalue weighted by Crippen LogP contribution is 2.10. The summed E-state index contributed by atoms with van der Waals surface area (Å²) in [6, 6.07) is 7.19. The number of methoxy groups -OCH3 is 1. The van der Waals surface area contributed by atoms with E-state index in [-0.39, 0.29) is 24.0 Å². The Labute approximate surface area is 94.0 Å². The van der Waals surface area contributed by atoms with E-state index in [9.17, 15) is 0 Å². The molecule has 0 spiro atoms. The molecule has 4 nitrogen and oxygen atoms in total. The Kier molecular flexibility index (Phi) is 5.20. The molecule has 0 fully saturated rings. The lowest BCUT2D eigenvalue weighted by Crippen LogP contribution is -2.15. The molecule has 72 valence electrons. The molecule has 0 aliphatic rings. The van der Waals surface area contributed by atoms with E-state index >= 15 is 0 Å². The molecule has 4 N–H and O–H groups in total. The van der Waals surface area contributed by atoms with Crippen molar-refractivity contribution >= 4 is 29.8 Å². The van der Waals surface area contributed by atoms with E-state index in [0.29, 0.717) is 5.84 Å². The van der Waals surface area contributed by atoms with Crippen LogP contribution in [0.4, 0.5) is 0 Å². The third-order valence-electron chi connectivity index (χ3n) is 1.52. The summed E-state index contributed by atoms with van der Waals surface area (Å²) in [6.45, 7) is 0. The molecular formula is C8H12IN3O. The summed E-state index contributed by atoms with van der Waals surface area (Å²) in [4.78, 5) is 0. The molecular weight excluding hydrogens is 281 g/mol. The van der Waals surface area contributed by atoms with Crippen LogP contribution in [0.5, 0.6) is 5.75 Å². The van der Waals surface area contributed by atoms with Crippen molar-refractivity contribution in [3.8, 4) is 5.75 Å². The van der Waals surface area contributed by atoms with Crippen LogP contribution in [-0.4, -0.2) is 12.9 Å². The average molecular weight is 293 g/mol. The third-order valence-corrected chi connectivity index (χ3v) is 1.52. The molecule has 0 unspecified atom stereocenters. The summed E-state index contributed by atoms with van der Waals surface area (Å²) >= 11 is 0. The molecule has 0 amide bonds. The smallest absolute Gasteiger partial charge is 0.150 e. The first kappa shape index (κ1) is 12.0. The number of nitrogens with zero attached hydrogens (tertiary/aromatic N) is 1. The number of hydrazone groups is 1. The van der Waals surface area contributed by atoms with Crippen molar-refractivity contribution < 1.29 is 4.74 Å². The molecule has 0 aliphatic heterocycles. The fourth-order valence-electron chi connectivity index (χ4n) is 0.836. The van der Waals surface area contributed by atoms with Crippen molar-refractivity contribution in [1.29, 1.82) is 0 Å². The maximum Gasteiger partial charge on any atom is 0.150 e. The molecule has 0 saturated carbocycles. The normalized spacial score (nSPS) is 10.4. The Morgan fingerprint density at radius 2 is 1.85 bits per heavy atom. The van der Waals surface area contributed by atoms with Gasteiger partial charge in [0, 0.05) is 5.56 Å².